The molecule has 2 N–H and O–H groups in total. The van der Waals surface area contributed by atoms with Crippen LogP contribution in [0.15, 0.2) is 30.7 Å². The number of hydrogen-bond donors (Lipinski definition) is 2. The molecule has 1 amide bonds. The van der Waals surface area contributed by atoms with Crippen molar-refractivity contribution in [3.63, 3.8) is 0 Å². The fraction of sp³-hybridized carbons (Fsp3) is 0.462. The molecule has 0 unspecified atom stereocenters. The Morgan fingerprint density at radius 3 is 2.74 bits per heavy atom. The average Bonchev–Trinajstić information content (AvgIpc) is 3.44. The predicted octanol–water partition coefficient (Wildman–Crippen LogP) is 3.19. The molecule has 0 spiro atoms. The van der Waals surface area contributed by atoms with Crippen LogP contribution in [0.1, 0.15) is 54.8 Å². The first kappa shape index (κ1) is 21.3. The second-order valence-corrected chi connectivity index (χ2v) is 9.66. The largest absolute Gasteiger partial charge is 0.367 e. The van der Waals surface area contributed by atoms with Gasteiger partial charge in [-0.3, -0.25) is 14.9 Å². The second-order valence-electron chi connectivity index (χ2n) is 9.66. The van der Waals surface area contributed by atoms with E-state index >= 15 is 0 Å². The summed E-state index contributed by atoms with van der Waals surface area (Å²) >= 11 is 0. The lowest BCUT2D eigenvalue weighted by molar-refractivity contribution is -0.131. The van der Waals surface area contributed by atoms with Gasteiger partial charge in [-0.05, 0) is 61.4 Å². The lowest BCUT2D eigenvalue weighted by atomic mass is 10.0. The summed E-state index contributed by atoms with van der Waals surface area (Å²) in [6.07, 6.45) is 15.1. The summed E-state index contributed by atoms with van der Waals surface area (Å²) in [5.41, 5.74) is 5.32. The molecule has 0 aromatic carbocycles. The highest BCUT2D eigenvalue weighted by Crippen LogP contribution is 2.47. The smallest absolute Gasteiger partial charge is 0.224 e. The zero-order chi connectivity index (χ0) is 22.9. The third-order valence-corrected chi connectivity index (χ3v) is 7.29. The van der Waals surface area contributed by atoms with Gasteiger partial charge in [0.1, 0.15) is 0 Å². The van der Waals surface area contributed by atoms with Gasteiger partial charge in [0.2, 0.25) is 5.91 Å². The van der Waals surface area contributed by atoms with Crippen LogP contribution in [-0.4, -0.2) is 69.7 Å². The molecule has 1 saturated carbocycles. The standard InChI is InChI=1S/C26H31N7O/c34-23(15-20-4-2-10-28-20)32-11-13-33(14-12-32)25-21(19-6-7-19)17-29-26-24(25)22(30-31-26)8-5-18-3-1-9-27-16-18/h1,3,5,8-9,16-17,19-20,28H,2,4,6-7,10-15H2,(H,29,30,31)/b8-5+/t20-/m0/s1. The molecule has 1 atom stereocenters. The number of nitrogens with zero attached hydrogens (tertiary/aromatic N) is 5. The van der Waals surface area contributed by atoms with E-state index in [9.17, 15) is 4.79 Å². The molecule has 3 aromatic rings. The number of amides is 1. The monoisotopic (exact) mass is 457 g/mol. The molecule has 6 rings (SSSR count). The molecule has 1 aliphatic carbocycles. The highest BCUT2D eigenvalue weighted by molar-refractivity contribution is 5.99. The van der Waals surface area contributed by atoms with Crippen molar-refractivity contribution in [1.29, 1.82) is 0 Å². The van der Waals surface area contributed by atoms with Gasteiger partial charge in [0.05, 0.1) is 16.8 Å². The number of nitrogens with one attached hydrogen (secondary N) is 2. The van der Waals surface area contributed by atoms with E-state index in [2.05, 4.69) is 42.5 Å². The van der Waals surface area contributed by atoms with E-state index in [4.69, 9.17) is 0 Å². The molecule has 176 valence electrons. The maximum absolute atomic E-state index is 12.9. The summed E-state index contributed by atoms with van der Waals surface area (Å²) in [6, 6.07) is 4.33. The van der Waals surface area contributed by atoms with Crippen LogP contribution in [0.5, 0.6) is 0 Å². The van der Waals surface area contributed by atoms with Crippen LogP contribution >= 0.6 is 0 Å². The summed E-state index contributed by atoms with van der Waals surface area (Å²) in [4.78, 5) is 26.2. The first-order valence-corrected chi connectivity index (χ1v) is 12.5. The lowest BCUT2D eigenvalue weighted by Crippen LogP contribution is -2.50. The van der Waals surface area contributed by atoms with Crippen LogP contribution in [-0.2, 0) is 4.79 Å². The Morgan fingerprint density at radius 1 is 1.12 bits per heavy atom. The number of H-pyrrole nitrogens is 1. The molecule has 2 aliphatic heterocycles. The number of hydrogen-bond acceptors (Lipinski definition) is 6. The van der Waals surface area contributed by atoms with Gasteiger partial charge >= 0.3 is 0 Å². The molecule has 3 aliphatic rings. The van der Waals surface area contributed by atoms with Gasteiger partial charge in [-0.1, -0.05) is 12.1 Å². The van der Waals surface area contributed by atoms with E-state index < -0.39 is 0 Å². The van der Waals surface area contributed by atoms with E-state index in [1.165, 1.54) is 30.5 Å². The average molecular weight is 458 g/mol. The number of carbonyl (C=O) groups is 1. The minimum absolute atomic E-state index is 0.282. The summed E-state index contributed by atoms with van der Waals surface area (Å²) in [5, 5.41) is 12.2. The van der Waals surface area contributed by atoms with Gasteiger partial charge in [0, 0.05) is 57.2 Å². The molecule has 8 heteroatoms. The predicted molar refractivity (Wildman–Crippen MR) is 133 cm³/mol. The Kier molecular flexibility index (Phi) is 5.74. The van der Waals surface area contributed by atoms with Gasteiger partial charge in [-0.25, -0.2) is 4.98 Å². The van der Waals surface area contributed by atoms with Crippen LogP contribution in [0.4, 0.5) is 5.69 Å². The molecule has 3 fully saturated rings. The highest BCUT2D eigenvalue weighted by atomic mass is 16.2. The minimum Gasteiger partial charge on any atom is -0.367 e. The summed E-state index contributed by atoms with van der Waals surface area (Å²) < 4.78 is 0. The van der Waals surface area contributed by atoms with Gasteiger partial charge < -0.3 is 15.1 Å². The second kappa shape index (κ2) is 9.18. The van der Waals surface area contributed by atoms with Crippen molar-refractivity contribution in [3.05, 3.63) is 47.5 Å². The molecular formula is C26H31N7O. The quantitative estimate of drug-likeness (QED) is 0.591. The van der Waals surface area contributed by atoms with Crippen LogP contribution < -0.4 is 10.2 Å². The van der Waals surface area contributed by atoms with Gasteiger partial charge in [-0.2, -0.15) is 5.10 Å². The van der Waals surface area contributed by atoms with Crippen molar-refractivity contribution in [2.45, 2.75) is 44.1 Å². The van der Waals surface area contributed by atoms with E-state index in [1.54, 1.807) is 6.20 Å². The number of fused-ring (bicyclic) bond motifs is 1. The SMILES string of the molecule is O=C(C[C@@H]1CCCN1)N1CCN(c2c(C3CC3)cnc3n[nH]c(/C=C/c4cccnc4)c23)CC1. The number of anilines is 1. The lowest BCUT2D eigenvalue weighted by Gasteiger charge is -2.37. The fourth-order valence-corrected chi connectivity index (χ4v) is 5.27. The van der Waals surface area contributed by atoms with Crippen molar-refractivity contribution < 1.29 is 4.79 Å². The topological polar surface area (TPSA) is 90.0 Å². The number of aromatic amines is 1. The van der Waals surface area contributed by atoms with Crippen LogP contribution in [0.25, 0.3) is 23.2 Å². The zero-order valence-corrected chi connectivity index (χ0v) is 19.4. The summed E-state index contributed by atoms with van der Waals surface area (Å²) in [6.45, 7) is 4.23. The van der Waals surface area contributed by atoms with E-state index in [0.717, 1.165) is 61.4 Å². The molecule has 2 saturated heterocycles. The third kappa shape index (κ3) is 4.30. The molecular weight excluding hydrogens is 426 g/mol. The number of rotatable bonds is 6. The van der Waals surface area contributed by atoms with Crippen molar-refractivity contribution >= 4 is 34.8 Å². The summed E-state index contributed by atoms with van der Waals surface area (Å²) in [5.74, 6) is 0.856. The molecule has 5 heterocycles. The van der Waals surface area contributed by atoms with Crippen molar-refractivity contribution in [1.82, 2.24) is 30.4 Å². The van der Waals surface area contributed by atoms with E-state index in [0.29, 0.717) is 18.4 Å². The number of piperazine rings is 1. The Bertz CT molecular complexity index is 1190. The maximum Gasteiger partial charge on any atom is 0.224 e. The summed E-state index contributed by atoms with van der Waals surface area (Å²) in [7, 11) is 0. The molecule has 3 aromatic heterocycles. The Morgan fingerprint density at radius 2 is 2.00 bits per heavy atom. The molecule has 34 heavy (non-hydrogen) atoms. The first-order chi connectivity index (χ1) is 16.8. The molecule has 0 bridgehead atoms. The maximum atomic E-state index is 12.9. The van der Waals surface area contributed by atoms with E-state index in [-0.39, 0.29) is 5.91 Å². The molecule has 8 nitrogen and oxygen atoms in total. The van der Waals surface area contributed by atoms with Crippen molar-refractivity contribution in [3.8, 4) is 0 Å². The third-order valence-electron chi connectivity index (χ3n) is 7.29. The number of pyridine rings is 2. The number of carbonyl (C=O) groups excluding carboxylic acids is 1. The normalized spacial score (nSPS) is 21.1. The van der Waals surface area contributed by atoms with E-state index in [1.807, 2.05) is 29.4 Å². The Labute approximate surface area is 199 Å². The minimum atomic E-state index is 0.282. The Balaban J connectivity index is 1.26. The van der Waals surface area contributed by atoms with Gasteiger partial charge in [0.15, 0.2) is 5.65 Å². The van der Waals surface area contributed by atoms with Gasteiger partial charge in [-0.15, -0.1) is 0 Å². The van der Waals surface area contributed by atoms with Crippen LogP contribution in [0, 0.1) is 0 Å². The number of aromatic nitrogens is 4. The fourth-order valence-electron chi connectivity index (χ4n) is 5.27. The van der Waals surface area contributed by atoms with Crippen molar-refractivity contribution in [2.75, 3.05) is 37.6 Å². The van der Waals surface area contributed by atoms with Crippen LogP contribution in [0.2, 0.25) is 0 Å². The van der Waals surface area contributed by atoms with Gasteiger partial charge in [0.25, 0.3) is 0 Å². The highest BCUT2D eigenvalue weighted by Gasteiger charge is 2.33. The first-order valence-electron chi connectivity index (χ1n) is 12.5. The Hall–Kier alpha value is -3.26. The van der Waals surface area contributed by atoms with Crippen molar-refractivity contribution in [2.24, 2.45) is 0 Å². The zero-order valence-electron chi connectivity index (χ0n) is 19.4. The molecule has 0 radical (unpaired) electrons. The van der Waals surface area contributed by atoms with Crippen LogP contribution in [0.3, 0.4) is 0 Å².